The molecule has 3 aromatic rings. The summed E-state index contributed by atoms with van der Waals surface area (Å²) >= 11 is 1.66. The summed E-state index contributed by atoms with van der Waals surface area (Å²) in [6.07, 6.45) is 8.72. The molecule has 18 heavy (non-hydrogen) atoms. The third kappa shape index (κ3) is 1.93. The van der Waals surface area contributed by atoms with Gasteiger partial charge >= 0.3 is 0 Å². The van der Waals surface area contributed by atoms with Crippen LogP contribution < -0.4 is 5.32 Å². The summed E-state index contributed by atoms with van der Waals surface area (Å²) in [7, 11) is 3.98. The number of thiazole rings is 1. The zero-order valence-corrected chi connectivity index (χ0v) is 11.2. The molecule has 0 bridgehead atoms. The fourth-order valence-electron chi connectivity index (χ4n) is 2.14. The van der Waals surface area contributed by atoms with E-state index < -0.39 is 0 Å². The van der Waals surface area contributed by atoms with Gasteiger partial charge in [0.05, 0.1) is 23.8 Å². The first-order valence-electron chi connectivity index (χ1n) is 5.82. The summed E-state index contributed by atoms with van der Waals surface area (Å²) in [5, 5.41) is 5.37. The second-order valence-electron chi connectivity index (χ2n) is 4.30. The van der Waals surface area contributed by atoms with Crippen molar-refractivity contribution in [3.63, 3.8) is 0 Å². The molecule has 5 nitrogen and oxygen atoms in total. The number of hydrogen-bond acceptors (Lipinski definition) is 4. The molecule has 1 unspecified atom stereocenters. The van der Waals surface area contributed by atoms with Gasteiger partial charge in [0.25, 0.3) is 0 Å². The van der Waals surface area contributed by atoms with Gasteiger partial charge in [-0.2, -0.15) is 0 Å². The number of aryl methyl sites for hydroxylation is 1. The first kappa shape index (κ1) is 11.4. The molecule has 6 heteroatoms. The minimum atomic E-state index is 0.238. The van der Waals surface area contributed by atoms with Gasteiger partial charge in [-0.1, -0.05) is 0 Å². The van der Waals surface area contributed by atoms with Gasteiger partial charge in [-0.25, -0.2) is 9.97 Å². The highest BCUT2D eigenvalue weighted by Gasteiger charge is 2.15. The molecule has 0 fully saturated rings. The Morgan fingerprint density at radius 2 is 2.39 bits per heavy atom. The van der Waals surface area contributed by atoms with Gasteiger partial charge in [0, 0.05) is 37.4 Å². The largest absolute Gasteiger partial charge is 0.336 e. The van der Waals surface area contributed by atoms with Crippen molar-refractivity contribution in [2.45, 2.75) is 12.5 Å². The van der Waals surface area contributed by atoms with Crippen molar-refractivity contribution in [1.29, 1.82) is 0 Å². The standard InChI is InChI=1S/C12H15N5S/c1-13-10(11-6-14-8-16(11)2)5-9-7-17-3-4-18-12(17)15-9/h3-4,6-8,10,13H,5H2,1-2H3. The normalized spacial score (nSPS) is 13.2. The number of aromatic nitrogens is 4. The molecule has 0 aromatic carbocycles. The third-order valence-electron chi connectivity index (χ3n) is 3.12. The quantitative estimate of drug-likeness (QED) is 0.776. The molecular weight excluding hydrogens is 246 g/mol. The van der Waals surface area contributed by atoms with Crippen LogP contribution in [0.2, 0.25) is 0 Å². The van der Waals surface area contributed by atoms with E-state index in [1.54, 1.807) is 11.3 Å². The summed E-state index contributed by atoms with van der Waals surface area (Å²) in [5.41, 5.74) is 2.27. The second-order valence-corrected chi connectivity index (χ2v) is 5.17. The van der Waals surface area contributed by atoms with Gasteiger partial charge in [-0.05, 0) is 7.05 Å². The Hall–Kier alpha value is -1.66. The molecule has 3 aromatic heterocycles. The lowest BCUT2D eigenvalue weighted by Crippen LogP contribution is -2.21. The highest BCUT2D eigenvalue weighted by molar-refractivity contribution is 7.15. The van der Waals surface area contributed by atoms with E-state index in [0.29, 0.717) is 0 Å². The fourth-order valence-corrected chi connectivity index (χ4v) is 2.86. The third-order valence-corrected chi connectivity index (χ3v) is 3.89. The molecule has 3 heterocycles. The monoisotopic (exact) mass is 261 g/mol. The topological polar surface area (TPSA) is 47.1 Å². The highest BCUT2D eigenvalue weighted by Crippen LogP contribution is 2.19. The van der Waals surface area contributed by atoms with Crippen LogP contribution in [0.5, 0.6) is 0 Å². The molecule has 0 spiro atoms. The van der Waals surface area contributed by atoms with Crippen LogP contribution in [0.25, 0.3) is 4.96 Å². The smallest absolute Gasteiger partial charge is 0.193 e. The van der Waals surface area contributed by atoms with Gasteiger partial charge in [-0.15, -0.1) is 11.3 Å². The van der Waals surface area contributed by atoms with E-state index in [9.17, 15) is 0 Å². The molecule has 0 saturated heterocycles. The van der Waals surface area contributed by atoms with Crippen LogP contribution in [0.4, 0.5) is 0 Å². The summed E-state index contributed by atoms with van der Waals surface area (Å²) in [6.45, 7) is 0. The number of nitrogens with one attached hydrogen (secondary N) is 1. The Balaban J connectivity index is 1.86. The maximum Gasteiger partial charge on any atom is 0.193 e. The maximum absolute atomic E-state index is 4.61. The van der Waals surface area contributed by atoms with Crippen molar-refractivity contribution in [2.24, 2.45) is 7.05 Å². The number of fused-ring (bicyclic) bond motifs is 1. The second kappa shape index (κ2) is 4.55. The molecule has 0 aliphatic carbocycles. The molecule has 1 atom stereocenters. The van der Waals surface area contributed by atoms with E-state index >= 15 is 0 Å². The van der Waals surface area contributed by atoms with Gasteiger partial charge in [0.2, 0.25) is 0 Å². The molecule has 3 rings (SSSR count). The van der Waals surface area contributed by atoms with E-state index in [1.165, 1.54) is 5.69 Å². The Bertz CT molecular complexity index is 622. The van der Waals surface area contributed by atoms with E-state index in [1.807, 2.05) is 42.8 Å². The zero-order chi connectivity index (χ0) is 12.5. The molecule has 1 N–H and O–H groups in total. The Labute approximate surface area is 109 Å². The maximum atomic E-state index is 4.61. The van der Waals surface area contributed by atoms with Crippen molar-refractivity contribution in [3.8, 4) is 0 Å². The average Bonchev–Trinajstić information content (AvgIpc) is 3.01. The summed E-state index contributed by atoms with van der Waals surface area (Å²) in [6, 6.07) is 0.238. The van der Waals surface area contributed by atoms with E-state index in [2.05, 4.69) is 25.9 Å². The minimum absolute atomic E-state index is 0.238. The molecule has 0 saturated carbocycles. The van der Waals surface area contributed by atoms with Gasteiger partial charge in [-0.3, -0.25) is 4.40 Å². The predicted molar refractivity (Wildman–Crippen MR) is 71.8 cm³/mol. The molecule has 0 aliphatic heterocycles. The van der Waals surface area contributed by atoms with Crippen LogP contribution in [-0.2, 0) is 13.5 Å². The van der Waals surface area contributed by atoms with Crippen LogP contribution in [0, 0.1) is 0 Å². The summed E-state index contributed by atoms with van der Waals surface area (Å²) in [4.78, 5) is 9.82. The number of likely N-dealkylation sites (N-methyl/N-ethyl adjacent to an activating group) is 1. The number of nitrogens with zero attached hydrogens (tertiary/aromatic N) is 4. The summed E-state index contributed by atoms with van der Waals surface area (Å²) < 4.78 is 4.11. The van der Waals surface area contributed by atoms with Crippen molar-refractivity contribution in [2.75, 3.05) is 7.05 Å². The van der Waals surface area contributed by atoms with Crippen LogP contribution in [0.15, 0.2) is 30.3 Å². The van der Waals surface area contributed by atoms with Gasteiger partial charge < -0.3 is 9.88 Å². The van der Waals surface area contributed by atoms with Crippen LogP contribution in [-0.4, -0.2) is 26.0 Å². The van der Waals surface area contributed by atoms with E-state index in [4.69, 9.17) is 0 Å². The number of imidazole rings is 2. The van der Waals surface area contributed by atoms with Crippen LogP contribution >= 0.6 is 11.3 Å². The lowest BCUT2D eigenvalue weighted by Gasteiger charge is -2.15. The van der Waals surface area contributed by atoms with Crippen LogP contribution in [0.1, 0.15) is 17.4 Å². The fraction of sp³-hybridized carbons (Fsp3) is 0.333. The SMILES string of the molecule is CNC(Cc1cn2ccsc2n1)c1cncn1C. The zero-order valence-electron chi connectivity index (χ0n) is 10.4. The Morgan fingerprint density at radius 3 is 3.06 bits per heavy atom. The van der Waals surface area contributed by atoms with Crippen molar-refractivity contribution in [3.05, 3.63) is 41.7 Å². The molecule has 94 valence electrons. The molecule has 0 aliphatic rings. The first-order chi connectivity index (χ1) is 8.78. The van der Waals surface area contributed by atoms with Crippen LogP contribution in [0.3, 0.4) is 0 Å². The lowest BCUT2D eigenvalue weighted by molar-refractivity contribution is 0.550. The highest BCUT2D eigenvalue weighted by atomic mass is 32.1. The lowest BCUT2D eigenvalue weighted by atomic mass is 10.1. The molecular formula is C12H15N5S. The predicted octanol–water partition coefficient (Wildman–Crippen LogP) is 1.63. The van der Waals surface area contributed by atoms with Crippen molar-refractivity contribution in [1.82, 2.24) is 24.3 Å². The van der Waals surface area contributed by atoms with E-state index in [0.717, 1.165) is 17.1 Å². The summed E-state index contributed by atoms with van der Waals surface area (Å²) in [5.74, 6) is 0. The minimum Gasteiger partial charge on any atom is -0.336 e. The van der Waals surface area contributed by atoms with Gasteiger partial charge in [0.15, 0.2) is 4.96 Å². The van der Waals surface area contributed by atoms with Crippen molar-refractivity contribution < 1.29 is 0 Å². The van der Waals surface area contributed by atoms with Gasteiger partial charge in [0.1, 0.15) is 0 Å². The molecule has 0 amide bonds. The Morgan fingerprint density at radius 1 is 1.50 bits per heavy atom. The number of rotatable bonds is 4. The molecule has 0 radical (unpaired) electrons. The van der Waals surface area contributed by atoms with Crippen molar-refractivity contribution >= 4 is 16.3 Å². The number of hydrogen-bond donors (Lipinski definition) is 1. The average molecular weight is 261 g/mol. The Kier molecular flexibility index (Phi) is 2.89. The first-order valence-corrected chi connectivity index (χ1v) is 6.70. The van der Waals surface area contributed by atoms with E-state index in [-0.39, 0.29) is 6.04 Å².